The first kappa shape index (κ1) is 26.1. The molecule has 180 valence electrons. The maximum Gasteiger partial charge on any atom is 0.573 e. The highest BCUT2D eigenvalue weighted by Gasteiger charge is 2.31. The molecule has 1 heterocycles. The lowest BCUT2D eigenvalue weighted by atomic mass is 10.0. The number of rotatable bonds is 10. The third-order valence-corrected chi connectivity index (χ3v) is 4.49. The SMILES string of the molecule is CC.CCOCCn1c(CNCC(N)=O)nc2ccc(-c3ccc(OC(F)(F)F)cc3)cc21. The number of benzene rings is 2. The number of nitrogens with two attached hydrogens (primary N) is 1. The van der Waals surface area contributed by atoms with E-state index < -0.39 is 12.3 Å². The number of aromatic nitrogens is 2. The summed E-state index contributed by atoms with van der Waals surface area (Å²) in [5, 5.41) is 2.96. The van der Waals surface area contributed by atoms with Gasteiger partial charge in [0, 0.05) is 13.2 Å². The molecule has 0 aliphatic rings. The van der Waals surface area contributed by atoms with Gasteiger partial charge in [0.1, 0.15) is 11.6 Å². The van der Waals surface area contributed by atoms with Crippen LogP contribution in [-0.2, 0) is 22.6 Å². The largest absolute Gasteiger partial charge is 0.573 e. The number of carbonyl (C=O) groups is 1. The van der Waals surface area contributed by atoms with Gasteiger partial charge >= 0.3 is 6.36 Å². The number of halogens is 3. The van der Waals surface area contributed by atoms with Gasteiger partial charge in [-0.05, 0) is 42.3 Å². The molecule has 0 atom stereocenters. The Kier molecular flexibility index (Phi) is 9.68. The van der Waals surface area contributed by atoms with Crippen LogP contribution in [0.15, 0.2) is 42.5 Å². The van der Waals surface area contributed by atoms with Gasteiger partial charge in [0.25, 0.3) is 0 Å². The quantitative estimate of drug-likeness (QED) is 0.436. The summed E-state index contributed by atoms with van der Waals surface area (Å²) in [6.45, 7) is 7.91. The predicted molar refractivity (Wildman–Crippen MR) is 121 cm³/mol. The number of alkyl halides is 3. The molecule has 3 aromatic rings. The van der Waals surface area contributed by atoms with Crippen LogP contribution in [0.25, 0.3) is 22.2 Å². The van der Waals surface area contributed by atoms with Gasteiger partial charge in [-0.2, -0.15) is 0 Å². The molecule has 7 nitrogen and oxygen atoms in total. The number of carbonyl (C=O) groups excluding carboxylic acids is 1. The molecule has 33 heavy (non-hydrogen) atoms. The molecule has 3 N–H and O–H groups in total. The Morgan fingerprint density at radius 3 is 2.39 bits per heavy atom. The maximum absolute atomic E-state index is 12.4. The zero-order valence-electron chi connectivity index (χ0n) is 18.9. The van der Waals surface area contributed by atoms with Crippen molar-refractivity contribution in [1.82, 2.24) is 14.9 Å². The van der Waals surface area contributed by atoms with Crippen LogP contribution in [0.3, 0.4) is 0 Å². The highest BCUT2D eigenvalue weighted by atomic mass is 19.4. The Morgan fingerprint density at radius 1 is 1.12 bits per heavy atom. The highest BCUT2D eigenvalue weighted by Crippen LogP contribution is 2.29. The zero-order chi connectivity index (χ0) is 24.4. The normalized spacial score (nSPS) is 11.2. The first-order valence-electron chi connectivity index (χ1n) is 10.7. The molecule has 0 unspecified atom stereocenters. The Balaban J connectivity index is 0.00000187. The second kappa shape index (κ2) is 12.2. The van der Waals surface area contributed by atoms with Gasteiger partial charge in [0.15, 0.2) is 0 Å². The minimum absolute atomic E-state index is 0.0340. The Bertz CT molecular complexity index is 1030. The highest BCUT2D eigenvalue weighted by molar-refractivity contribution is 5.83. The Hall–Kier alpha value is -3.11. The number of imidazole rings is 1. The fourth-order valence-electron chi connectivity index (χ4n) is 3.18. The van der Waals surface area contributed by atoms with E-state index in [1.165, 1.54) is 12.1 Å². The van der Waals surface area contributed by atoms with Gasteiger partial charge in [0.2, 0.25) is 5.91 Å². The summed E-state index contributed by atoms with van der Waals surface area (Å²) in [7, 11) is 0. The number of fused-ring (bicyclic) bond motifs is 1. The van der Waals surface area contributed by atoms with Crippen molar-refractivity contribution in [3.05, 3.63) is 48.3 Å². The van der Waals surface area contributed by atoms with Gasteiger partial charge in [-0.1, -0.05) is 32.0 Å². The molecule has 0 saturated heterocycles. The minimum Gasteiger partial charge on any atom is -0.406 e. The van der Waals surface area contributed by atoms with E-state index in [1.54, 1.807) is 12.1 Å². The second-order valence-electron chi connectivity index (χ2n) is 6.72. The van der Waals surface area contributed by atoms with E-state index in [9.17, 15) is 18.0 Å². The number of nitrogens with one attached hydrogen (secondary N) is 1. The van der Waals surface area contributed by atoms with Crippen LogP contribution in [0.2, 0.25) is 0 Å². The molecule has 0 radical (unpaired) electrons. The molecule has 1 aromatic heterocycles. The summed E-state index contributed by atoms with van der Waals surface area (Å²) < 4.78 is 48.5. The summed E-state index contributed by atoms with van der Waals surface area (Å²) in [6.07, 6.45) is -4.73. The van der Waals surface area contributed by atoms with E-state index in [2.05, 4.69) is 15.0 Å². The lowest BCUT2D eigenvalue weighted by Crippen LogP contribution is -2.29. The molecule has 10 heteroatoms. The van der Waals surface area contributed by atoms with E-state index >= 15 is 0 Å². The number of hydrogen-bond donors (Lipinski definition) is 2. The van der Waals surface area contributed by atoms with Crippen LogP contribution in [-0.4, -0.2) is 41.6 Å². The van der Waals surface area contributed by atoms with Crippen LogP contribution in [0.4, 0.5) is 13.2 Å². The molecule has 0 spiro atoms. The van der Waals surface area contributed by atoms with Crippen LogP contribution < -0.4 is 15.8 Å². The number of hydrogen-bond acceptors (Lipinski definition) is 5. The van der Waals surface area contributed by atoms with Crippen molar-refractivity contribution >= 4 is 16.9 Å². The first-order chi connectivity index (χ1) is 15.8. The van der Waals surface area contributed by atoms with Gasteiger partial charge in [-0.25, -0.2) is 4.98 Å². The van der Waals surface area contributed by atoms with Gasteiger partial charge in [0.05, 0.1) is 30.7 Å². The van der Waals surface area contributed by atoms with Crippen molar-refractivity contribution in [2.24, 2.45) is 5.73 Å². The molecule has 1 amide bonds. The fraction of sp³-hybridized carbons (Fsp3) is 0.391. The lowest BCUT2D eigenvalue weighted by molar-refractivity contribution is -0.274. The lowest BCUT2D eigenvalue weighted by Gasteiger charge is -2.11. The summed E-state index contributed by atoms with van der Waals surface area (Å²) in [5.41, 5.74) is 8.34. The third kappa shape index (κ3) is 7.76. The van der Waals surface area contributed by atoms with Crippen molar-refractivity contribution in [2.45, 2.75) is 40.2 Å². The average Bonchev–Trinajstić information content (AvgIpc) is 3.11. The summed E-state index contributed by atoms with van der Waals surface area (Å²) in [4.78, 5) is 15.6. The van der Waals surface area contributed by atoms with E-state index in [0.717, 1.165) is 28.0 Å². The Labute approximate surface area is 190 Å². The molecular formula is C23H29F3N4O3. The van der Waals surface area contributed by atoms with Crippen molar-refractivity contribution < 1.29 is 27.4 Å². The topological polar surface area (TPSA) is 91.4 Å². The minimum atomic E-state index is -4.73. The average molecular weight is 467 g/mol. The molecule has 0 aliphatic carbocycles. The molecule has 2 aromatic carbocycles. The van der Waals surface area contributed by atoms with Crippen LogP contribution in [0.1, 0.15) is 26.6 Å². The summed E-state index contributed by atoms with van der Waals surface area (Å²) >= 11 is 0. The molecule has 0 fully saturated rings. The smallest absolute Gasteiger partial charge is 0.406 e. The molecule has 0 bridgehead atoms. The summed E-state index contributed by atoms with van der Waals surface area (Å²) in [5.74, 6) is -0.0128. The van der Waals surface area contributed by atoms with Gasteiger partial charge in [-0.3, -0.25) is 4.79 Å². The van der Waals surface area contributed by atoms with Gasteiger partial charge in [-0.15, -0.1) is 13.2 Å². The van der Waals surface area contributed by atoms with Crippen molar-refractivity contribution in [3.8, 4) is 16.9 Å². The van der Waals surface area contributed by atoms with Crippen LogP contribution in [0, 0.1) is 0 Å². The van der Waals surface area contributed by atoms with E-state index in [1.807, 2.05) is 43.5 Å². The van der Waals surface area contributed by atoms with E-state index in [4.69, 9.17) is 10.5 Å². The number of ether oxygens (including phenoxy) is 2. The fourth-order valence-corrected chi connectivity index (χ4v) is 3.18. The molecule has 0 saturated carbocycles. The van der Waals surface area contributed by atoms with E-state index in [-0.39, 0.29) is 12.3 Å². The van der Waals surface area contributed by atoms with Crippen LogP contribution in [0.5, 0.6) is 5.75 Å². The van der Waals surface area contributed by atoms with E-state index in [0.29, 0.717) is 26.3 Å². The second-order valence-corrected chi connectivity index (χ2v) is 6.72. The molecule has 0 aliphatic heterocycles. The maximum atomic E-state index is 12.4. The first-order valence-corrected chi connectivity index (χ1v) is 10.7. The number of nitrogens with zero attached hydrogens (tertiary/aromatic N) is 2. The Morgan fingerprint density at radius 2 is 1.79 bits per heavy atom. The van der Waals surface area contributed by atoms with Crippen molar-refractivity contribution in [3.63, 3.8) is 0 Å². The molecule has 3 rings (SSSR count). The molecular weight excluding hydrogens is 437 g/mol. The number of amides is 1. The monoisotopic (exact) mass is 466 g/mol. The predicted octanol–water partition coefficient (Wildman–Crippen LogP) is 4.24. The standard InChI is InChI=1S/C21H23F3N4O3.C2H6/c1-2-30-10-9-28-18-11-15(14-3-6-16(7-4-14)31-21(22,23)24)5-8-17(18)27-20(28)13-26-12-19(25)29;1-2/h3-8,11,26H,2,9-10,12-13H2,1H3,(H2,25,29);1-2H3. The van der Waals surface area contributed by atoms with Crippen molar-refractivity contribution in [1.29, 1.82) is 0 Å². The van der Waals surface area contributed by atoms with Crippen LogP contribution >= 0.6 is 0 Å². The van der Waals surface area contributed by atoms with Gasteiger partial charge < -0.3 is 25.1 Å². The number of primary amides is 1. The van der Waals surface area contributed by atoms with Crippen molar-refractivity contribution in [2.75, 3.05) is 19.8 Å². The summed E-state index contributed by atoms with van der Waals surface area (Å²) in [6, 6.07) is 11.3. The third-order valence-electron chi connectivity index (χ3n) is 4.49. The zero-order valence-corrected chi connectivity index (χ0v) is 18.9.